The Morgan fingerprint density at radius 1 is 1.38 bits per heavy atom. The molecule has 2 aromatic rings. The van der Waals surface area contributed by atoms with Crippen molar-refractivity contribution in [2.45, 2.75) is 32.4 Å². The molecule has 0 aliphatic carbocycles. The molecule has 3 rings (SSSR count). The van der Waals surface area contributed by atoms with Gasteiger partial charge in [0.2, 0.25) is 0 Å². The molecule has 7 heteroatoms. The van der Waals surface area contributed by atoms with Crippen molar-refractivity contribution in [2.24, 2.45) is 0 Å². The zero-order chi connectivity index (χ0) is 18.5. The lowest BCUT2D eigenvalue weighted by molar-refractivity contribution is -0.124. The molecule has 6 nitrogen and oxygen atoms in total. The van der Waals surface area contributed by atoms with Gasteiger partial charge >= 0.3 is 0 Å². The van der Waals surface area contributed by atoms with E-state index >= 15 is 0 Å². The molecule has 138 valence electrons. The molecule has 1 aromatic heterocycles. The van der Waals surface area contributed by atoms with Crippen LogP contribution in [0.15, 0.2) is 41.0 Å². The molecule has 1 aromatic carbocycles. The van der Waals surface area contributed by atoms with E-state index in [1.165, 1.54) is 18.1 Å². The van der Waals surface area contributed by atoms with Crippen LogP contribution in [0.25, 0.3) is 6.08 Å². The van der Waals surface area contributed by atoms with Gasteiger partial charge in [0.1, 0.15) is 0 Å². The van der Waals surface area contributed by atoms with E-state index < -0.39 is 5.91 Å². The fourth-order valence-corrected chi connectivity index (χ4v) is 3.66. The Hall–Kier alpha value is -1.96. The first-order chi connectivity index (χ1) is 12.6. The van der Waals surface area contributed by atoms with E-state index in [1.54, 1.807) is 11.6 Å². The van der Waals surface area contributed by atoms with Gasteiger partial charge in [-0.05, 0) is 59.4 Å². The fraction of sp³-hybridized carbons (Fsp3) is 0.368. The molecule has 1 aliphatic rings. The highest BCUT2D eigenvalue weighted by molar-refractivity contribution is 9.10. The number of carbonyl (C=O) groups is 1. The summed E-state index contributed by atoms with van der Waals surface area (Å²) in [5, 5.41) is 13.0. The predicted octanol–water partition coefficient (Wildman–Crippen LogP) is 3.31. The van der Waals surface area contributed by atoms with Crippen molar-refractivity contribution in [2.75, 3.05) is 13.1 Å². The monoisotopic (exact) mass is 418 g/mol. The molecule has 1 atom stereocenters. The third kappa shape index (κ3) is 4.60. The minimum absolute atomic E-state index is 0.425. The van der Waals surface area contributed by atoms with Crippen molar-refractivity contribution in [3.8, 4) is 0 Å². The number of rotatable bonds is 6. The third-order valence-corrected chi connectivity index (χ3v) is 5.50. The number of hydrogen-bond donors (Lipinski definition) is 2. The summed E-state index contributed by atoms with van der Waals surface area (Å²) in [4.78, 5) is 13.6. The Balaban J connectivity index is 1.62. The minimum atomic E-state index is -0.531. The van der Waals surface area contributed by atoms with Crippen molar-refractivity contribution in [3.63, 3.8) is 0 Å². The average Bonchev–Trinajstić information content (AvgIpc) is 3.24. The van der Waals surface area contributed by atoms with Gasteiger partial charge in [0, 0.05) is 24.9 Å². The van der Waals surface area contributed by atoms with Gasteiger partial charge in [-0.3, -0.25) is 19.6 Å². The normalized spacial score (nSPS) is 17.9. The number of aromatic nitrogens is 2. The van der Waals surface area contributed by atoms with Crippen molar-refractivity contribution in [1.29, 1.82) is 0 Å². The van der Waals surface area contributed by atoms with Gasteiger partial charge in [0.05, 0.1) is 16.7 Å². The summed E-state index contributed by atoms with van der Waals surface area (Å²) in [5.41, 5.74) is 4.83. The lowest BCUT2D eigenvalue weighted by Crippen LogP contribution is -2.27. The Kier molecular flexibility index (Phi) is 6.24. The average molecular weight is 419 g/mol. The highest BCUT2D eigenvalue weighted by Gasteiger charge is 2.25. The van der Waals surface area contributed by atoms with Gasteiger partial charge < -0.3 is 0 Å². The summed E-state index contributed by atoms with van der Waals surface area (Å²) >= 11 is 3.51. The molecule has 26 heavy (non-hydrogen) atoms. The fourth-order valence-electron chi connectivity index (χ4n) is 3.35. The highest BCUT2D eigenvalue weighted by Crippen LogP contribution is 2.32. The van der Waals surface area contributed by atoms with Crippen LogP contribution in [0, 0.1) is 6.92 Å². The number of benzene rings is 1. The number of likely N-dealkylation sites (tertiary alicyclic amines) is 1. The van der Waals surface area contributed by atoms with Crippen LogP contribution >= 0.6 is 15.9 Å². The summed E-state index contributed by atoms with van der Waals surface area (Å²) in [5.74, 6) is -0.531. The Labute approximate surface area is 161 Å². The van der Waals surface area contributed by atoms with Crippen molar-refractivity contribution < 1.29 is 10.0 Å². The van der Waals surface area contributed by atoms with Gasteiger partial charge in [-0.25, -0.2) is 5.48 Å². The number of amides is 1. The van der Waals surface area contributed by atoms with Crippen LogP contribution in [-0.4, -0.2) is 38.9 Å². The molecule has 2 N–H and O–H groups in total. The summed E-state index contributed by atoms with van der Waals surface area (Å²) in [7, 11) is 0. The highest BCUT2D eigenvalue weighted by atomic mass is 79.9. The number of aryl methyl sites for hydroxylation is 1. The topological polar surface area (TPSA) is 70.4 Å². The van der Waals surface area contributed by atoms with Crippen LogP contribution < -0.4 is 5.48 Å². The van der Waals surface area contributed by atoms with E-state index in [9.17, 15) is 4.79 Å². The lowest BCUT2D eigenvalue weighted by Gasteiger charge is -2.24. The number of hydrogen-bond acceptors (Lipinski definition) is 4. The first-order valence-electron chi connectivity index (χ1n) is 8.72. The molecule has 0 saturated carbocycles. The zero-order valence-corrected chi connectivity index (χ0v) is 16.3. The van der Waals surface area contributed by atoms with E-state index in [1.807, 2.05) is 29.9 Å². The first-order valence-corrected chi connectivity index (χ1v) is 9.52. The minimum Gasteiger partial charge on any atom is -0.294 e. The smallest absolute Gasteiger partial charge is 0.267 e. The predicted molar refractivity (Wildman–Crippen MR) is 104 cm³/mol. The largest absolute Gasteiger partial charge is 0.294 e. The van der Waals surface area contributed by atoms with Crippen LogP contribution in [-0.2, 0) is 11.3 Å². The molecule has 2 heterocycles. The summed E-state index contributed by atoms with van der Waals surface area (Å²) in [6.45, 7) is 4.94. The molecular formula is C19H23BrN4O2. The SMILES string of the molecule is Cc1nn(CCN2CCCC2c2ccc(/C=C/C(=O)NO)cc2)cc1Br. The molecule has 1 fully saturated rings. The van der Waals surface area contributed by atoms with Crippen LogP contribution in [0.2, 0.25) is 0 Å². The lowest BCUT2D eigenvalue weighted by atomic mass is 10.0. The molecule has 0 bridgehead atoms. The maximum absolute atomic E-state index is 11.1. The quantitative estimate of drug-likeness (QED) is 0.428. The van der Waals surface area contributed by atoms with Crippen molar-refractivity contribution in [1.82, 2.24) is 20.2 Å². The summed E-state index contributed by atoms with van der Waals surface area (Å²) in [6.07, 6.45) is 7.37. The Morgan fingerprint density at radius 3 is 2.81 bits per heavy atom. The maximum Gasteiger partial charge on any atom is 0.267 e. The second-order valence-corrected chi connectivity index (χ2v) is 7.35. The second-order valence-electron chi connectivity index (χ2n) is 6.50. The summed E-state index contributed by atoms with van der Waals surface area (Å²) in [6, 6.07) is 8.67. The number of halogens is 1. The molecule has 1 saturated heterocycles. The first kappa shape index (κ1) is 18.8. The second kappa shape index (κ2) is 8.62. The Bertz CT molecular complexity index is 766. The molecule has 0 spiro atoms. The summed E-state index contributed by atoms with van der Waals surface area (Å²) < 4.78 is 3.04. The number of hydroxylamine groups is 1. The Morgan fingerprint density at radius 2 is 2.15 bits per heavy atom. The standard InChI is InChI=1S/C19H23BrN4O2/c1-14-17(20)13-24(21-14)12-11-23-10-2-3-18(23)16-7-4-15(5-8-16)6-9-19(25)22-26/h4-9,13,18,26H,2-3,10-12H2,1H3,(H,22,25)/b9-6+. The van der Waals surface area contributed by atoms with Crippen LogP contribution in [0.4, 0.5) is 0 Å². The molecule has 1 aliphatic heterocycles. The van der Waals surface area contributed by atoms with Crippen LogP contribution in [0.5, 0.6) is 0 Å². The van der Waals surface area contributed by atoms with E-state index in [0.29, 0.717) is 6.04 Å². The van der Waals surface area contributed by atoms with E-state index in [2.05, 4.69) is 38.1 Å². The van der Waals surface area contributed by atoms with Gasteiger partial charge in [-0.1, -0.05) is 24.3 Å². The van der Waals surface area contributed by atoms with E-state index in [4.69, 9.17) is 5.21 Å². The number of carbonyl (C=O) groups excluding carboxylic acids is 1. The molecular weight excluding hydrogens is 396 g/mol. The van der Waals surface area contributed by atoms with Crippen LogP contribution in [0.3, 0.4) is 0 Å². The number of nitrogens with zero attached hydrogens (tertiary/aromatic N) is 3. The maximum atomic E-state index is 11.1. The molecule has 1 unspecified atom stereocenters. The van der Waals surface area contributed by atoms with Gasteiger partial charge in [-0.15, -0.1) is 0 Å². The molecule has 0 radical (unpaired) electrons. The number of nitrogens with one attached hydrogen (secondary N) is 1. The van der Waals surface area contributed by atoms with E-state index in [-0.39, 0.29) is 0 Å². The van der Waals surface area contributed by atoms with Gasteiger partial charge in [0.15, 0.2) is 0 Å². The third-order valence-electron chi connectivity index (χ3n) is 4.73. The molecule has 1 amide bonds. The van der Waals surface area contributed by atoms with Gasteiger partial charge in [-0.2, -0.15) is 5.10 Å². The van der Waals surface area contributed by atoms with Crippen LogP contribution in [0.1, 0.15) is 35.7 Å². The van der Waals surface area contributed by atoms with Crippen molar-refractivity contribution in [3.05, 3.63) is 57.8 Å². The van der Waals surface area contributed by atoms with Crippen molar-refractivity contribution >= 4 is 27.9 Å². The van der Waals surface area contributed by atoms with Gasteiger partial charge in [0.25, 0.3) is 5.91 Å². The zero-order valence-electron chi connectivity index (χ0n) is 14.7. The van der Waals surface area contributed by atoms with E-state index in [0.717, 1.165) is 41.8 Å².